The fourth-order valence-corrected chi connectivity index (χ4v) is 1.22. The predicted molar refractivity (Wildman–Crippen MR) is 40.1 cm³/mol. The van der Waals surface area contributed by atoms with E-state index in [9.17, 15) is 14.0 Å². The van der Waals surface area contributed by atoms with Gasteiger partial charge in [0.2, 0.25) is 0 Å². The Labute approximate surface area is 73.6 Å². The molecular formula is C7H9FN2O3. The molecule has 0 aromatic carbocycles. The van der Waals surface area contributed by atoms with Gasteiger partial charge in [0.15, 0.2) is 0 Å². The van der Waals surface area contributed by atoms with Crippen LogP contribution < -0.4 is 10.8 Å². The van der Waals surface area contributed by atoms with Gasteiger partial charge in [-0.05, 0) is 6.42 Å². The van der Waals surface area contributed by atoms with Crippen molar-refractivity contribution in [2.75, 3.05) is 6.54 Å². The molecule has 3 N–H and O–H groups in total. The molecule has 0 bridgehead atoms. The number of hydroxylamine groups is 1. The van der Waals surface area contributed by atoms with Gasteiger partial charge in [-0.25, -0.2) is 14.7 Å². The Morgan fingerprint density at radius 3 is 3.00 bits per heavy atom. The zero-order valence-electron chi connectivity index (χ0n) is 6.71. The first-order chi connectivity index (χ1) is 6.19. The second kappa shape index (κ2) is 4.02. The van der Waals surface area contributed by atoms with Crippen LogP contribution in [-0.4, -0.2) is 29.8 Å². The summed E-state index contributed by atoms with van der Waals surface area (Å²) < 4.78 is 12.8. The standard InChI is InChI=1S/C7H9FN2O3/c8-4-1-5(7(12)10-13)6(3-11)9-2-4/h4-5,9,13H,1-2H2,(H,10,12). The second-order valence-electron chi connectivity index (χ2n) is 2.76. The van der Waals surface area contributed by atoms with E-state index in [2.05, 4.69) is 5.32 Å². The molecule has 1 rings (SSSR count). The molecule has 5 nitrogen and oxygen atoms in total. The summed E-state index contributed by atoms with van der Waals surface area (Å²) in [6.07, 6.45) is -1.30. The van der Waals surface area contributed by atoms with E-state index in [0.29, 0.717) is 0 Å². The van der Waals surface area contributed by atoms with Gasteiger partial charge < -0.3 is 5.32 Å². The van der Waals surface area contributed by atoms with E-state index >= 15 is 0 Å². The van der Waals surface area contributed by atoms with Gasteiger partial charge in [0.05, 0.1) is 5.92 Å². The molecule has 1 heterocycles. The monoisotopic (exact) mass is 188 g/mol. The summed E-state index contributed by atoms with van der Waals surface area (Å²) in [5, 5.41) is 10.7. The molecule has 1 aliphatic heterocycles. The molecule has 1 amide bonds. The molecule has 6 heteroatoms. The molecule has 1 aliphatic rings. The Kier molecular flexibility index (Phi) is 3.00. The number of piperidine rings is 1. The first kappa shape index (κ1) is 9.70. The number of rotatable bonds is 1. The molecular weight excluding hydrogens is 179 g/mol. The zero-order chi connectivity index (χ0) is 9.84. The van der Waals surface area contributed by atoms with E-state index in [-0.39, 0.29) is 18.7 Å². The van der Waals surface area contributed by atoms with Crippen molar-refractivity contribution in [2.24, 2.45) is 5.92 Å². The molecule has 0 aromatic heterocycles. The Balaban J connectivity index is 2.77. The van der Waals surface area contributed by atoms with Crippen molar-refractivity contribution in [3.8, 4) is 0 Å². The maximum absolute atomic E-state index is 12.8. The van der Waals surface area contributed by atoms with Crippen LogP contribution in [0, 0.1) is 5.92 Å². The summed E-state index contributed by atoms with van der Waals surface area (Å²) in [6.45, 7) is -0.000216. The Hall–Kier alpha value is -1.39. The first-order valence-corrected chi connectivity index (χ1v) is 3.76. The van der Waals surface area contributed by atoms with Crippen molar-refractivity contribution < 1.29 is 19.2 Å². The minimum atomic E-state index is -1.20. The average molecular weight is 188 g/mol. The van der Waals surface area contributed by atoms with E-state index in [1.54, 1.807) is 0 Å². The molecule has 2 atom stereocenters. The van der Waals surface area contributed by atoms with Gasteiger partial charge in [-0.15, -0.1) is 0 Å². The van der Waals surface area contributed by atoms with Crippen molar-refractivity contribution >= 4 is 11.8 Å². The third-order valence-corrected chi connectivity index (χ3v) is 1.89. The van der Waals surface area contributed by atoms with Crippen molar-refractivity contribution in [2.45, 2.75) is 12.6 Å². The Bertz CT molecular complexity index is 262. The van der Waals surface area contributed by atoms with Crippen LogP contribution in [0.25, 0.3) is 0 Å². The summed E-state index contributed by atoms with van der Waals surface area (Å²) in [7, 11) is 0. The van der Waals surface area contributed by atoms with Crippen LogP contribution in [0.4, 0.5) is 4.39 Å². The van der Waals surface area contributed by atoms with Crippen LogP contribution in [0.5, 0.6) is 0 Å². The number of hydrogen-bond acceptors (Lipinski definition) is 4. The number of amides is 1. The largest absolute Gasteiger partial charge is 0.376 e. The van der Waals surface area contributed by atoms with E-state index in [0.717, 1.165) is 0 Å². The number of alkyl halides is 1. The lowest BCUT2D eigenvalue weighted by Gasteiger charge is -2.24. The van der Waals surface area contributed by atoms with Crippen molar-refractivity contribution in [3.05, 3.63) is 5.70 Å². The molecule has 13 heavy (non-hydrogen) atoms. The fourth-order valence-electron chi connectivity index (χ4n) is 1.22. The lowest BCUT2D eigenvalue weighted by atomic mass is 9.94. The van der Waals surface area contributed by atoms with E-state index in [1.807, 2.05) is 0 Å². The van der Waals surface area contributed by atoms with Gasteiger partial charge >= 0.3 is 0 Å². The topological polar surface area (TPSA) is 78.4 Å². The van der Waals surface area contributed by atoms with Gasteiger partial charge in [0.1, 0.15) is 17.8 Å². The van der Waals surface area contributed by atoms with Gasteiger partial charge in [-0.3, -0.25) is 10.0 Å². The van der Waals surface area contributed by atoms with Crippen LogP contribution in [0.1, 0.15) is 6.42 Å². The lowest BCUT2D eigenvalue weighted by molar-refractivity contribution is -0.133. The molecule has 2 unspecified atom stereocenters. The van der Waals surface area contributed by atoms with Crippen LogP contribution in [0.3, 0.4) is 0 Å². The lowest BCUT2D eigenvalue weighted by Crippen LogP contribution is -2.42. The van der Waals surface area contributed by atoms with E-state index < -0.39 is 18.0 Å². The van der Waals surface area contributed by atoms with Crippen molar-refractivity contribution in [3.63, 3.8) is 0 Å². The minimum Gasteiger partial charge on any atom is -0.376 e. The third-order valence-electron chi connectivity index (χ3n) is 1.89. The predicted octanol–water partition coefficient (Wildman–Crippen LogP) is -0.845. The maximum atomic E-state index is 12.8. The summed E-state index contributed by atoms with van der Waals surface area (Å²) in [5.41, 5.74) is 1.36. The smallest absolute Gasteiger partial charge is 0.253 e. The van der Waals surface area contributed by atoms with E-state index in [1.165, 1.54) is 11.4 Å². The SMILES string of the molecule is O=C=C1NCC(F)CC1C(=O)NO. The highest BCUT2D eigenvalue weighted by atomic mass is 19.1. The van der Waals surface area contributed by atoms with Gasteiger partial charge in [-0.1, -0.05) is 0 Å². The minimum absolute atomic E-state index is 0.000216. The van der Waals surface area contributed by atoms with Gasteiger partial charge in [0.25, 0.3) is 5.91 Å². The fraction of sp³-hybridized carbons (Fsp3) is 0.571. The quantitative estimate of drug-likeness (QED) is 0.284. The summed E-state index contributed by atoms with van der Waals surface area (Å²) >= 11 is 0. The average Bonchev–Trinajstić information content (AvgIpc) is 2.16. The van der Waals surface area contributed by atoms with Crippen LogP contribution in [0.2, 0.25) is 0 Å². The number of carbonyl (C=O) groups excluding carboxylic acids is 2. The van der Waals surface area contributed by atoms with Crippen LogP contribution >= 0.6 is 0 Å². The normalized spacial score (nSPS) is 27.4. The van der Waals surface area contributed by atoms with Gasteiger partial charge in [0, 0.05) is 6.54 Å². The number of carbonyl (C=O) groups is 1. The number of halogens is 1. The zero-order valence-corrected chi connectivity index (χ0v) is 6.71. The number of hydrogen-bond donors (Lipinski definition) is 3. The third kappa shape index (κ3) is 2.05. The molecule has 0 saturated carbocycles. The Morgan fingerprint density at radius 2 is 2.46 bits per heavy atom. The molecule has 72 valence electrons. The Morgan fingerprint density at radius 1 is 1.77 bits per heavy atom. The summed E-state index contributed by atoms with van der Waals surface area (Å²) in [5.74, 6) is -0.258. The highest BCUT2D eigenvalue weighted by Gasteiger charge is 2.31. The molecule has 0 aromatic rings. The van der Waals surface area contributed by atoms with E-state index in [4.69, 9.17) is 5.21 Å². The van der Waals surface area contributed by atoms with Crippen molar-refractivity contribution in [1.82, 2.24) is 10.8 Å². The second-order valence-corrected chi connectivity index (χ2v) is 2.76. The highest BCUT2D eigenvalue weighted by Crippen LogP contribution is 2.19. The molecule has 1 fully saturated rings. The van der Waals surface area contributed by atoms with Crippen molar-refractivity contribution in [1.29, 1.82) is 0 Å². The van der Waals surface area contributed by atoms with Crippen LogP contribution in [-0.2, 0) is 9.59 Å². The summed E-state index contributed by atoms with van der Waals surface area (Å²) in [4.78, 5) is 21.2. The molecule has 0 aliphatic carbocycles. The van der Waals surface area contributed by atoms with Crippen LogP contribution in [0.15, 0.2) is 5.70 Å². The molecule has 0 radical (unpaired) electrons. The molecule has 0 spiro atoms. The first-order valence-electron chi connectivity index (χ1n) is 3.76. The summed E-state index contributed by atoms with van der Waals surface area (Å²) in [6, 6.07) is 0. The van der Waals surface area contributed by atoms with Gasteiger partial charge in [-0.2, -0.15) is 0 Å². The highest BCUT2D eigenvalue weighted by molar-refractivity contribution is 5.83. The number of nitrogens with one attached hydrogen (secondary N) is 2. The maximum Gasteiger partial charge on any atom is 0.253 e. The molecule has 1 saturated heterocycles.